The minimum Gasteiger partial charge on any atom is -0.416 e. The average molecular weight is 345 g/mol. The average Bonchev–Trinajstić information content (AvgIpc) is 3.05. The second-order valence-corrected chi connectivity index (χ2v) is 5.44. The molecule has 4 nitrogen and oxygen atoms in total. The number of hydrogen-bond donors (Lipinski definition) is 1. The summed E-state index contributed by atoms with van der Waals surface area (Å²) in [6, 6.07) is 11.9. The fourth-order valence-corrected chi connectivity index (χ4v) is 2.18. The molecular formula is C18H14F3N3O. The molecule has 25 heavy (non-hydrogen) atoms. The van der Waals surface area contributed by atoms with Crippen LogP contribution in [0.25, 0.3) is 17.0 Å². The summed E-state index contributed by atoms with van der Waals surface area (Å²) in [6.07, 6.45) is -4.36. The van der Waals surface area contributed by atoms with Crippen LogP contribution in [0.4, 0.5) is 24.5 Å². The molecule has 0 atom stereocenters. The van der Waals surface area contributed by atoms with E-state index in [9.17, 15) is 13.2 Å². The first-order valence-corrected chi connectivity index (χ1v) is 7.37. The van der Waals surface area contributed by atoms with Crippen LogP contribution in [0, 0.1) is 0 Å². The Kier molecular flexibility index (Phi) is 4.31. The van der Waals surface area contributed by atoms with Crippen molar-refractivity contribution in [1.29, 1.82) is 0 Å². The van der Waals surface area contributed by atoms with Gasteiger partial charge >= 0.3 is 6.18 Å². The van der Waals surface area contributed by atoms with Crippen LogP contribution in [-0.4, -0.2) is 10.2 Å². The van der Waals surface area contributed by atoms with Crippen LogP contribution in [0.5, 0.6) is 0 Å². The Morgan fingerprint density at radius 2 is 1.72 bits per heavy atom. The number of aromatic nitrogens is 2. The maximum atomic E-state index is 12.6. The fraction of sp³-hybridized carbons (Fsp3) is 0.111. The molecule has 0 unspecified atom stereocenters. The molecule has 0 aliphatic carbocycles. The first-order chi connectivity index (χ1) is 11.8. The van der Waals surface area contributed by atoms with Crippen molar-refractivity contribution >= 4 is 16.9 Å². The summed E-state index contributed by atoms with van der Waals surface area (Å²) in [5.41, 5.74) is 1.74. The lowest BCUT2D eigenvalue weighted by atomic mass is 10.1. The Morgan fingerprint density at radius 3 is 2.32 bits per heavy atom. The van der Waals surface area contributed by atoms with Crippen LogP contribution < -0.4 is 5.32 Å². The van der Waals surface area contributed by atoms with Crippen molar-refractivity contribution in [2.75, 3.05) is 5.32 Å². The first kappa shape index (κ1) is 16.8. The van der Waals surface area contributed by atoms with E-state index < -0.39 is 11.7 Å². The largest absolute Gasteiger partial charge is 0.416 e. The number of nitrogens with zero attached hydrogens (tertiary/aromatic N) is 2. The van der Waals surface area contributed by atoms with Crippen LogP contribution in [0.3, 0.4) is 0 Å². The fourth-order valence-electron chi connectivity index (χ4n) is 2.18. The molecule has 1 aromatic heterocycles. The van der Waals surface area contributed by atoms with Crippen molar-refractivity contribution in [3.05, 3.63) is 66.6 Å². The third-order valence-electron chi connectivity index (χ3n) is 3.44. The smallest absolute Gasteiger partial charge is 0.416 e. The molecule has 0 radical (unpaired) electrons. The summed E-state index contributed by atoms with van der Waals surface area (Å²) < 4.78 is 43.5. The maximum absolute atomic E-state index is 12.6. The summed E-state index contributed by atoms with van der Waals surface area (Å²) >= 11 is 0. The van der Waals surface area contributed by atoms with Gasteiger partial charge in [-0.25, -0.2) is 0 Å². The zero-order valence-corrected chi connectivity index (χ0v) is 13.3. The number of anilines is 2. The van der Waals surface area contributed by atoms with Gasteiger partial charge in [-0.3, -0.25) is 0 Å². The standard InChI is InChI=1S/C18H14F3N3O/c1-11(2)16-23-24-17(25-16)14-5-3-4-6-15(14)22-13-9-7-12(8-10-13)18(19,20)21/h3-10,22H,1H2,2H3. The van der Waals surface area contributed by atoms with Crippen molar-refractivity contribution in [2.45, 2.75) is 13.1 Å². The molecule has 3 rings (SSSR count). The van der Waals surface area contributed by atoms with Gasteiger partial charge in [0.1, 0.15) is 0 Å². The van der Waals surface area contributed by atoms with Gasteiger partial charge in [-0.2, -0.15) is 13.2 Å². The SMILES string of the molecule is C=C(C)c1nnc(-c2ccccc2Nc2ccc(C(F)(F)F)cc2)o1. The van der Waals surface area contributed by atoms with Crippen molar-refractivity contribution in [1.82, 2.24) is 10.2 Å². The molecule has 0 aliphatic rings. The van der Waals surface area contributed by atoms with E-state index in [1.807, 2.05) is 0 Å². The summed E-state index contributed by atoms with van der Waals surface area (Å²) in [6.45, 7) is 5.50. The van der Waals surface area contributed by atoms with E-state index >= 15 is 0 Å². The number of hydrogen-bond acceptors (Lipinski definition) is 4. The van der Waals surface area contributed by atoms with Gasteiger partial charge in [0.15, 0.2) is 0 Å². The molecule has 0 saturated heterocycles. The molecule has 2 aromatic carbocycles. The molecule has 0 bridgehead atoms. The number of nitrogens with one attached hydrogen (secondary N) is 1. The van der Waals surface area contributed by atoms with Gasteiger partial charge in [0, 0.05) is 11.3 Å². The molecule has 0 fully saturated rings. The number of rotatable bonds is 4. The lowest BCUT2D eigenvalue weighted by Crippen LogP contribution is -2.04. The molecule has 0 aliphatic heterocycles. The second-order valence-electron chi connectivity index (χ2n) is 5.44. The highest BCUT2D eigenvalue weighted by Crippen LogP contribution is 2.32. The first-order valence-electron chi connectivity index (χ1n) is 7.37. The summed E-state index contributed by atoms with van der Waals surface area (Å²) in [5.74, 6) is 0.632. The highest BCUT2D eigenvalue weighted by Gasteiger charge is 2.29. The van der Waals surface area contributed by atoms with E-state index in [0.29, 0.717) is 34.3 Å². The third-order valence-corrected chi connectivity index (χ3v) is 3.44. The Morgan fingerprint density at radius 1 is 1.04 bits per heavy atom. The van der Waals surface area contributed by atoms with Crippen LogP contribution in [0.1, 0.15) is 18.4 Å². The van der Waals surface area contributed by atoms with Gasteiger partial charge in [-0.1, -0.05) is 18.7 Å². The number of halogens is 3. The Hall–Kier alpha value is -3.09. The number of alkyl halides is 3. The van der Waals surface area contributed by atoms with Gasteiger partial charge in [-0.15, -0.1) is 10.2 Å². The molecular weight excluding hydrogens is 331 g/mol. The van der Waals surface area contributed by atoms with E-state index in [1.54, 1.807) is 31.2 Å². The van der Waals surface area contributed by atoms with Crippen LogP contribution in [0.2, 0.25) is 0 Å². The second kappa shape index (κ2) is 6.43. The van der Waals surface area contributed by atoms with Gasteiger partial charge in [0.05, 0.1) is 16.8 Å². The van der Waals surface area contributed by atoms with E-state index in [1.165, 1.54) is 12.1 Å². The molecule has 1 N–H and O–H groups in total. The normalized spacial score (nSPS) is 11.4. The van der Waals surface area contributed by atoms with Crippen LogP contribution in [0.15, 0.2) is 59.5 Å². The predicted octanol–water partition coefficient (Wildman–Crippen LogP) is 5.53. The van der Waals surface area contributed by atoms with Crippen molar-refractivity contribution in [3.63, 3.8) is 0 Å². The highest BCUT2D eigenvalue weighted by molar-refractivity contribution is 5.77. The molecule has 0 spiro atoms. The Balaban J connectivity index is 1.89. The highest BCUT2D eigenvalue weighted by atomic mass is 19.4. The van der Waals surface area contributed by atoms with E-state index in [4.69, 9.17) is 4.42 Å². The zero-order chi connectivity index (χ0) is 18.0. The Labute approximate surface area is 142 Å². The lowest BCUT2D eigenvalue weighted by molar-refractivity contribution is -0.137. The number of para-hydroxylation sites is 1. The zero-order valence-electron chi connectivity index (χ0n) is 13.3. The number of benzene rings is 2. The maximum Gasteiger partial charge on any atom is 0.416 e. The Bertz CT molecular complexity index is 898. The summed E-state index contributed by atoms with van der Waals surface area (Å²) in [5, 5.41) is 11.0. The molecule has 0 amide bonds. The van der Waals surface area contributed by atoms with Gasteiger partial charge < -0.3 is 9.73 Å². The monoisotopic (exact) mass is 345 g/mol. The summed E-state index contributed by atoms with van der Waals surface area (Å²) in [7, 11) is 0. The molecule has 1 heterocycles. The van der Waals surface area contributed by atoms with Crippen molar-refractivity contribution in [3.8, 4) is 11.5 Å². The third kappa shape index (κ3) is 3.71. The summed E-state index contributed by atoms with van der Waals surface area (Å²) in [4.78, 5) is 0. The topological polar surface area (TPSA) is 51.0 Å². The van der Waals surface area contributed by atoms with E-state index in [-0.39, 0.29) is 0 Å². The molecule has 128 valence electrons. The van der Waals surface area contributed by atoms with Gasteiger partial charge in [0.2, 0.25) is 11.8 Å². The molecule has 0 saturated carbocycles. The van der Waals surface area contributed by atoms with Gasteiger partial charge in [-0.05, 0) is 43.3 Å². The minimum atomic E-state index is -4.36. The lowest BCUT2D eigenvalue weighted by Gasteiger charge is -2.11. The quantitative estimate of drug-likeness (QED) is 0.675. The van der Waals surface area contributed by atoms with Crippen LogP contribution in [-0.2, 0) is 6.18 Å². The molecule has 3 aromatic rings. The van der Waals surface area contributed by atoms with E-state index in [0.717, 1.165) is 12.1 Å². The van der Waals surface area contributed by atoms with Crippen molar-refractivity contribution in [2.24, 2.45) is 0 Å². The number of allylic oxidation sites excluding steroid dienone is 1. The van der Waals surface area contributed by atoms with Gasteiger partial charge in [0.25, 0.3) is 0 Å². The van der Waals surface area contributed by atoms with Crippen molar-refractivity contribution < 1.29 is 17.6 Å². The van der Waals surface area contributed by atoms with E-state index in [2.05, 4.69) is 22.1 Å². The minimum absolute atomic E-state index is 0.299. The van der Waals surface area contributed by atoms with Crippen LogP contribution >= 0.6 is 0 Å². The molecule has 7 heteroatoms. The predicted molar refractivity (Wildman–Crippen MR) is 89.2 cm³/mol.